The van der Waals surface area contributed by atoms with Crippen LogP contribution in [0, 0.1) is 22.7 Å². The Morgan fingerprint density at radius 3 is 2.15 bits per heavy atom. The van der Waals surface area contributed by atoms with Gasteiger partial charge in [-0.05, 0) is 48.9 Å². The van der Waals surface area contributed by atoms with Crippen LogP contribution in [0.15, 0.2) is 0 Å². The molecule has 13 heavy (non-hydrogen) atoms. The summed E-state index contributed by atoms with van der Waals surface area (Å²) in [5.41, 5.74) is 7.14. The van der Waals surface area contributed by atoms with Crippen molar-refractivity contribution >= 4 is 0 Å². The smallest absolute Gasteiger partial charge is 0.00442 e. The fourth-order valence-corrected chi connectivity index (χ4v) is 4.06. The fourth-order valence-electron chi connectivity index (χ4n) is 4.06. The minimum Gasteiger partial charge on any atom is -0.328 e. The van der Waals surface area contributed by atoms with Crippen LogP contribution in [-0.4, -0.2) is 6.04 Å². The third-order valence-electron chi connectivity index (χ3n) is 5.50. The molecule has 1 nitrogen and oxygen atoms in total. The largest absolute Gasteiger partial charge is 0.328 e. The number of hydrogen-bond donors (Lipinski definition) is 1. The standard InChI is InChI=1S/C12H23N/c1-8(13)10-7-9-5-6-12(10,4)11(9,2)3/h8-10H,5-7,13H2,1-4H3/t8-,9-,10+,12-/m1/s1. The van der Waals surface area contributed by atoms with Crippen molar-refractivity contribution in [1.29, 1.82) is 0 Å². The van der Waals surface area contributed by atoms with Gasteiger partial charge in [-0.15, -0.1) is 0 Å². The molecule has 2 fully saturated rings. The maximum absolute atomic E-state index is 6.09. The molecule has 0 heterocycles. The molecule has 0 aromatic rings. The molecule has 1 heteroatoms. The predicted molar refractivity (Wildman–Crippen MR) is 56.4 cm³/mol. The van der Waals surface area contributed by atoms with Crippen LogP contribution >= 0.6 is 0 Å². The lowest BCUT2D eigenvalue weighted by Crippen LogP contribution is -2.40. The second-order valence-corrected chi connectivity index (χ2v) is 6.08. The Morgan fingerprint density at radius 1 is 1.31 bits per heavy atom. The molecular weight excluding hydrogens is 158 g/mol. The fraction of sp³-hybridized carbons (Fsp3) is 1.00. The summed E-state index contributed by atoms with van der Waals surface area (Å²) in [6, 6.07) is 0.384. The molecule has 2 saturated carbocycles. The first-order valence-electron chi connectivity index (χ1n) is 5.65. The van der Waals surface area contributed by atoms with Gasteiger partial charge in [-0.2, -0.15) is 0 Å². The molecule has 76 valence electrons. The Morgan fingerprint density at radius 2 is 1.92 bits per heavy atom. The zero-order valence-electron chi connectivity index (χ0n) is 9.43. The highest BCUT2D eigenvalue weighted by Crippen LogP contribution is 2.68. The average molecular weight is 181 g/mol. The lowest BCUT2D eigenvalue weighted by Gasteiger charge is -2.41. The Bertz CT molecular complexity index is 219. The summed E-state index contributed by atoms with van der Waals surface area (Å²) in [5.74, 6) is 1.70. The van der Waals surface area contributed by atoms with Crippen LogP contribution < -0.4 is 5.73 Å². The Labute approximate surface area is 82.1 Å². The summed E-state index contributed by atoms with van der Waals surface area (Å²) in [7, 11) is 0. The van der Waals surface area contributed by atoms with Crippen molar-refractivity contribution in [2.75, 3.05) is 0 Å². The van der Waals surface area contributed by atoms with Gasteiger partial charge in [0.2, 0.25) is 0 Å². The molecule has 2 rings (SSSR count). The first kappa shape index (κ1) is 9.51. The second-order valence-electron chi connectivity index (χ2n) is 6.08. The molecule has 2 aliphatic rings. The van der Waals surface area contributed by atoms with E-state index >= 15 is 0 Å². The first-order chi connectivity index (χ1) is 5.89. The number of nitrogens with two attached hydrogens (primary N) is 1. The van der Waals surface area contributed by atoms with E-state index in [1.807, 2.05) is 0 Å². The molecule has 0 amide bonds. The van der Waals surface area contributed by atoms with Crippen LogP contribution in [-0.2, 0) is 0 Å². The van der Waals surface area contributed by atoms with E-state index in [2.05, 4.69) is 27.7 Å². The maximum Gasteiger partial charge on any atom is 0.00442 e. The minimum atomic E-state index is 0.384. The molecule has 0 aliphatic heterocycles. The highest BCUT2D eigenvalue weighted by molar-refractivity contribution is 5.11. The molecule has 0 aromatic carbocycles. The number of hydrogen-bond acceptors (Lipinski definition) is 1. The van der Waals surface area contributed by atoms with E-state index in [-0.39, 0.29) is 0 Å². The van der Waals surface area contributed by atoms with Crippen molar-refractivity contribution < 1.29 is 0 Å². The highest BCUT2D eigenvalue weighted by Gasteiger charge is 2.61. The summed E-state index contributed by atoms with van der Waals surface area (Å²) >= 11 is 0. The quantitative estimate of drug-likeness (QED) is 0.661. The molecule has 0 aromatic heterocycles. The molecule has 0 unspecified atom stereocenters. The number of fused-ring (bicyclic) bond motifs is 2. The maximum atomic E-state index is 6.09. The van der Waals surface area contributed by atoms with Gasteiger partial charge in [0.25, 0.3) is 0 Å². The first-order valence-corrected chi connectivity index (χ1v) is 5.65. The molecule has 2 aliphatic carbocycles. The zero-order valence-corrected chi connectivity index (χ0v) is 9.43. The van der Waals surface area contributed by atoms with E-state index in [0.717, 1.165) is 11.8 Å². The highest BCUT2D eigenvalue weighted by atomic mass is 14.7. The lowest BCUT2D eigenvalue weighted by molar-refractivity contribution is 0.0911. The van der Waals surface area contributed by atoms with Gasteiger partial charge < -0.3 is 5.73 Å². The van der Waals surface area contributed by atoms with Gasteiger partial charge in [0.05, 0.1) is 0 Å². The molecule has 2 N–H and O–H groups in total. The van der Waals surface area contributed by atoms with Crippen LogP contribution in [0.1, 0.15) is 47.0 Å². The summed E-state index contributed by atoms with van der Waals surface area (Å²) in [6.07, 6.45) is 4.21. The summed E-state index contributed by atoms with van der Waals surface area (Å²) in [4.78, 5) is 0. The lowest BCUT2D eigenvalue weighted by atomic mass is 9.65. The molecule has 0 saturated heterocycles. The predicted octanol–water partition coefficient (Wildman–Crippen LogP) is 2.80. The molecular formula is C12H23N. The van der Waals surface area contributed by atoms with Crippen LogP contribution in [0.5, 0.6) is 0 Å². The molecule has 0 spiro atoms. The molecule has 4 atom stereocenters. The van der Waals surface area contributed by atoms with Crippen LogP contribution in [0.4, 0.5) is 0 Å². The van der Waals surface area contributed by atoms with E-state index in [1.54, 1.807) is 0 Å². The summed E-state index contributed by atoms with van der Waals surface area (Å²) in [5, 5.41) is 0. The van der Waals surface area contributed by atoms with Gasteiger partial charge >= 0.3 is 0 Å². The van der Waals surface area contributed by atoms with Gasteiger partial charge in [-0.25, -0.2) is 0 Å². The van der Waals surface area contributed by atoms with E-state index in [4.69, 9.17) is 5.73 Å². The second kappa shape index (κ2) is 2.50. The van der Waals surface area contributed by atoms with Crippen molar-refractivity contribution in [1.82, 2.24) is 0 Å². The van der Waals surface area contributed by atoms with Crippen molar-refractivity contribution in [3.63, 3.8) is 0 Å². The summed E-state index contributed by atoms with van der Waals surface area (Å²) in [6.45, 7) is 9.56. The van der Waals surface area contributed by atoms with Crippen molar-refractivity contribution in [3.8, 4) is 0 Å². The van der Waals surface area contributed by atoms with Crippen molar-refractivity contribution in [2.24, 2.45) is 28.4 Å². The Hall–Kier alpha value is -0.0400. The molecule has 0 radical (unpaired) electrons. The van der Waals surface area contributed by atoms with Gasteiger partial charge in [0, 0.05) is 6.04 Å². The van der Waals surface area contributed by atoms with Crippen molar-refractivity contribution in [2.45, 2.75) is 53.0 Å². The van der Waals surface area contributed by atoms with Crippen LogP contribution in [0.25, 0.3) is 0 Å². The number of rotatable bonds is 1. The third-order valence-corrected chi connectivity index (χ3v) is 5.50. The van der Waals surface area contributed by atoms with E-state index in [1.165, 1.54) is 19.3 Å². The van der Waals surface area contributed by atoms with E-state index in [9.17, 15) is 0 Å². The van der Waals surface area contributed by atoms with E-state index < -0.39 is 0 Å². The van der Waals surface area contributed by atoms with Gasteiger partial charge in [0.15, 0.2) is 0 Å². The van der Waals surface area contributed by atoms with Gasteiger partial charge in [-0.3, -0.25) is 0 Å². The Kier molecular flexibility index (Phi) is 1.83. The van der Waals surface area contributed by atoms with Gasteiger partial charge in [0.1, 0.15) is 0 Å². The third kappa shape index (κ3) is 0.971. The monoisotopic (exact) mass is 181 g/mol. The van der Waals surface area contributed by atoms with Gasteiger partial charge in [-0.1, -0.05) is 20.8 Å². The minimum absolute atomic E-state index is 0.384. The normalized spacial score (nSPS) is 49.6. The SMILES string of the molecule is C[C@@H](N)[C@@H]1C[C@H]2CC[C@@]1(C)C2(C)C. The van der Waals surface area contributed by atoms with E-state index in [0.29, 0.717) is 16.9 Å². The summed E-state index contributed by atoms with van der Waals surface area (Å²) < 4.78 is 0. The zero-order chi connectivity index (χ0) is 9.85. The molecule has 2 bridgehead atoms. The average Bonchev–Trinajstić information content (AvgIpc) is 2.34. The van der Waals surface area contributed by atoms with Crippen LogP contribution in [0.3, 0.4) is 0 Å². The van der Waals surface area contributed by atoms with Crippen LogP contribution in [0.2, 0.25) is 0 Å². The van der Waals surface area contributed by atoms with Crippen molar-refractivity contribution in [3.05, 3.63) is 0 Å². The topological polar surface area (TPSA) is 26.0 Å². The Balaban J connectivity index is 2.33.